The molecule has 0 bridgehead atoms. The van der Waals surface area contributed by atoms with Crippen LogP contribution < -0.4 is 11.1 Å². The lowest BCUT2D eigenvalue weighted by Crippen LogP contribution is -2.40. The fourth-order valence-corrected chi connectivity index (χ4v) is 4.26. The second-order valence-corrected chi connectivity index (χ2v) is 8.61. The molecule has 1 heterocycles. The Morgan fingerprint density at radius 2 is 1.35 bits per heavy atom. The molecule has 0 amide bonds. The van der Waals surface area contributed by atoms with Crippen LogP contribution in [0, 0.1) is 0 Å². The minimum Gasteiger partial charge on any atom is -0.370 e. The quantitative estimate of drug-likeness (QED) is 0.223. The first-order chi connectivity index (χ1) is 19.0. The predicted octanol–water partition coefficient (Wildman–Crippen LogP) is 8.97. The lowest BCUT2D eigenvalue weighted by atomic mass is 9.79. The number of hydrogen-bond donors (Lipinski definition) is 2. The van der Waals surface area contributed by atoms with Gasteiger partial charge in [0.2, 0.25) is 0 Å². The Morgan fingerprint density at radius 1 is 0.725 bits per heavy atom. The molecule has 0 spiro atoms. The third-order valence-corrected chi connectivity index (χ3v) is 5.97. The molecule has 3 aromatic carbocycles. The maximum Gasteiger partial charge on any atom is 0.418 e. The molecule has 3 nitrogen and oxygen atoms in total. The van der Waals surface area contributed by atoms with Gasteiger partial charge in [0.05, 0.1) is 16.8 Å². The number of rotatable bonds is 6. The van der Waals surface area contributed by atoms with Crippen LogP contribution in [0.2, 0.25) is 5.02 Å². The van der Waals surface area contributed by atoms with E-state index < -0.39 is 29.0 Å². The first-order valence-corrected chi connectivity index (χ1v) is 12.7. The summed E-state index contributed by atoms with van der Waals surface area (Å²) in [4.78, 5) is 4.37. The number of hydrogen-bond acceptors (Lipinski definition) is 3. The molecule has 0 saturated carbocycles. The van der Waals surface area contributed by atoms with E-state index in [4.69, 9.17) is 11.6 Å². The second-order valence-electron chi connectivity index (χ2n) is 8.17. The minimum absolute atomic E-state index is 0.00604. The molecule has 1 atom stereocenters. The first kappa shape index (κ1) is 32.7. The van der Waals surface area contributed by atoms with Gasteiger partial charge in [-0.25, -0.2) is 0 Å². The number of nitrogens with zero attached hydrogens (tertiary/aromatic N) is 1. The third-order valence-electron chi connectivity index (χ3n) is 5.73. The number of alkyl halides is 6. The van der Waals surface area contributed by atoms with Crippen molar-refractivity contribution in [2.45, 2.75) is 38.2 Å². The molecule has 4 aromatic rings. The molecule has 1 aromatic heterocycles. The smallest absolute Gasteiger partial charge is 0.370 e. The number of anilines is 1. The van der Waals surface area contributed by atoms with Crippen LogP contribution in [0.3, 0.4) is 0 Å². The van der Waals surface area contributed by atoms with E-state index in [1.54, 1.807) is 48.5 Å². The number of nitrogens with two attached hydrogens (primary N) is 1. The zero-order valence-electron chi connectivity index (χ0n) is 22.1. The Kier molecular flexibility index (Phi) is 11.6. The summed E-state index contributed by atoms with van der Waals surface area (Å²) in [5.41, 5.74) is 1.61. The van der Waals surface area contributed by atoms with Crippen LogP contribution in [0.5, 0.6) is 0 Å². The Bertz CT molecular complexity index is 1330. The van der Waals surface area contributed by atoms with Crippen LogP contribution in [0.4, 0.5) is 32.0 Å². The van der Waals surface area contributed by atoms with Crippen LogP contribution >= 0.6 is 11.6 Å². The van der Waals surface area contributed by atoms with E-state index in [2.05, 4.69) is 16.0 Å². The van der Waals surface area contributed by atoms with Crippen molar-refractivity contribution in [3.63, 3.8) is 0 Å². The standard InChI is InChI=1S/C27H19ClF6N2.C2H6.CH5N/c28-21-12-13-23(22(16-21)27(32,33)34)36-25(24-11-4-5-14-35-24,17-18-7-2-1-3-8-18)19-9-6-10-20(15-19)26(29,30)31;2*1-2/h1-16,36H,17H2;1-2H3;2H2,1H3. The lowest BCUT2D eigenvalue weighted by Gasteiger charge is -2.37. The molecule has 10 heteroatoms. The molecule has 4 rings (SSSR count). The van der Waals surface area contributed by atoms with Gasteiger partial charge < -0.3 is 11.1 Å². The van der Waals surface area contributed by atoms with E-state index in [9.17, 15) is 26.3 Å². The minimum atomic E-state index is -4.77. The van der Waals surface area contributed by atoms with Crippen LogP contribution in [0.15, 0.2) is 97.2 Å². The van der Waals surface area contributed by atoms with Crippen LogP contribution in [0.1, 0.15) is 41.8 Å². The Labute approximate surface area is 235 Å². The molecule has 0 aliphatic carbocycles. The van der Waals surface area contributed by atoms with Gasteiger partial charge in [0.15, 0.2) is 0 Å². The van der Waals surface area contributed by atoms with Crippen molar-refractivity contribution in [1.29, 1.82) is 0 Å². The molecular weight excluding hydrogens is 552 g/mol. The van der Waals surface area contributed by atoms with Crippen molar-refractivity contribution in [3.05, 3.63) is 130 Å². The molecule has 0 saturated heterocycles. The molecule has 0 aliphatic heterocycles. The van der Waals surface area contributed by atoms with Crippen LogP contribution in [0.25, 0.3) is 0 Å². The highest BCUT2D eigenvalue weighted by Gasteiger charge is 2.41. The summed E-state index contributed by atoms with van der Waals surface area (Å²) in [6.45, 7) is 4.00. The summed E-state index contributed by atoms with van der Waals surface area (Å²) in [6, 6.07) is 21.3. The highest BCUT2D eigenvalue weighted by Crippen LogP contribution is 2.43. The van der Waals surface area contributed by atoms with Gasteiger partial charge in [0, 0.05) is 23.3 Å². The lowest BCUT2D eigenvalue weighted by molar-refractivity contribution is -0.138. The summed E-state index contributed by atoms with van der Waals surface area (Å²) in [5.74, 6) is 0. The van der Waals surface area contributed by atoms with Gasteiger partial charge in [-0.15, -0.1) is 0 Å². The zero-order valence-corrected chi connectivity index (χ0v) is 22.9. The van der Waals surface area contributed by atoms with Crippen molar-refractivity contribution in [2.24, 2.45) is 5.73 Å². The van der Waals surface area contributed by atoms with Crippen molar-refractivity contribution in [1.82, 2.24) is 4.98 Å². The predicted molar refractivity (Wildman–Crippen MR) is 148 cm³/mol. The van der Waals surface area contributed by atoms with Crippen molar-refractivity contribution in [2.75, 3.05) is 12.4 Å². The molecule has 0 aliphatic rings. The highest BCUT2D eigenvalue weighted by molar-refractivity contribution is 6.30. The monoisotopic (exact) mass is 581 g/mol. The SMILES string of the molecule is CC.CN.FC(F)(F)c1cccc(C(Cc2ccccc2)(Nc2ccc(Cl)cc2C(F)(F)F)c2ccccn2)c1. The molecule has 0 fully saturated rings. The summed E-state index contributed by atoms with van der Waals surface area (Å²) in [7, 11) is 1.50. The van der Waals surface area contributed by atoms with E-state index in [-0.39, 0.29) is 28.4 Å². The van der Waals surface area contributed by atoms with Crippen LogP contribution in [-0.2, 0) is 24.3 Å². The van der Waals surface area contributed by atoms with Crippen molar-refractivity contribution in [3.8, 4) is 0 Å². The summed E-state index contributed by atoms with van der Waals surface area (Å²) in [5, 5.41) is 2.82. The number of aromatic nitrogens is 1. The Hall–Kier alpha value is -3.56. The van der Waals surface area contributed by atoms with Gasteiger partial charge in [-0.2, -0.15) is 26.3 Å². The third kappa shape index (κ3) is 7.99. The fraction of sp³-hybridized carbons (Fsp3) is 0.233. The van der Waals surface area contributed by atoms with E-state index >= 15 is 0 Å². The number of pyridine rings is 1. The van der Waals surface area contributed by atoms with E-state index in [0.29, 0.717) is 5.56 Å². The van der Waals surface area contributed by atoms with E-state index in [1.165, 1.54) is 37.5 Å². The molecule has 0 radical (unpaired) electrons. The van der Waals surface area contributed by atoms with Crippen LogP contribution in [-0.4, -0.2) is 12.0 Å². The molecule has 1 unspecified atom stereocenters. The van der Waals surface area contributed by atoms with Gasteiger partial charge in [-0.3, -0.25) is 4.98 Å². The Balaban J connectivity index is 0.00000134. The Morgan fingerprint density at radius 3 is 1.93 bits per heavy atom. The molecule has 3 N–H and O–H groups in total. The second kappa shape index (κ2) is 14.2. The van der Waals surface area contributed by atoms with E-state index in [0.717, 1.165) is 18.2 Å². The molecular formula is C30H30ClF6N3. The average Bonchev–Trinajstić information content (AvgIpc) is 2.96. The summed E-state index contributed by atoms with van der Waals surface area (Å²) in [6.07, 6.45) is -7.98. The number of benzene rings is 3. The summed E-state index contributed by atoms with van der Waals surface area (Å²) < 4.78 is 83.0. The van der Waals surface area contributed by atoms with Crippen molar-refractivity contribution < 1.29 is 26.3 Å². The molecule has 214 valence electrons. The summed E-state index contributed by atoms with van der Waals surface area (Å²) >= 11 is 5.86. The topological polar surface area (TPSA) is 50.9 Å². The van der Waals surface area contributed by atoms with E-state index in [1.807, 2.05) is 13.8 Å². The maximum absolute atomic E-state index is 14.0. The fourth-order valence-electron chi connectivity index (χ4n) is 4.09. The number of halogens is 7. The van der Waals surface area contributed by atoms with Gasteiger partial charge in [-0.05, 0) is 60.6 Å². The largest absolute Gasteiger partial charge is 0.418 e. The molecule has 40 heavy (non-hydrogen) atoms. The first-order valence-electron chi connectivity index (χ1n) is 12.3. The highest BCUT2D eigenvalue weighted by atomic mass is 35.5. The van der Waals surface area contributed by atoms with Gasteiger partial charge in [0.1, 0.15) is 5.54 Å². The average molecular weight is 582 g/mol. The van der Waals surface area contributed by atoms with Crippen molar-refractivity contribution >= 4 is 17.3 Å². The van der Waals surface area contributed by atoms with Gasteiger partial charge in [0.25, 0.3) is 0 Å². The van der Waals surface area contributed by atoms with Gasteiger partial charge >= 0.3 is 12.4 Å². The van der Waals surface area contributed by atoms with Gasteiger partial charge in [-0.1, -0.05) is 74.0 Å². The number of nitrogens with one attached hydrogen (secondary N) is 1. The maximum atomic E-state index is 14.0. The normalized spacial score (nSPS) is 12.7. The zero-order chi connectivity index (χ0) is 30.0.